The van der Waals surface area contributed by atoms with Gasteiger partial charge in [0.15, 0.2) is 0 Å². The zero-order valence-electron chi connectivity index (χ0n) is 14.1. The zero-order chi connectivity index (χ0) is 18.1. The molecule has 0 saturated carbocycles. The molecule has 0 spiro atoms. The van der Waals surface area contributed by atoms with Crippen LogP contribution < -0.4 is 5.32 Å². The van der Waals surface area contributed by atoms with Gasteiger partial charge in [-0.05, 0) is 48.9 Å². The molecule has 2 aromatic carbocycles. The first-order valence-corrected chi connectivity index (χ1v) is 8.59. The molecular weight excluding hydrogens is 346 g/mol. The summed E-state index contributed by atoms with van der Waals surface area (Å²) in [6, 6.07) is 18.5. The summed E-state index contributed by atoms with van der Waals surface area (Å²) in [6.45, 7) is 2.05. The number of benzene rings is 2. The average molecular weight is 362 g/mol. The van der Waals surface area contributed by atoms with E-state index < -0.39 is 0 Å². The topological polar surface area (TPSA) is 46.4 Å². The first kappa shape index (κ1) is 16.4. The van der Waals surface area contributed by atoms with Gasteiger partial charge in [-0.25, -0.2) is 4.98 Å². The molecule has 0 fully saturated rings. The number of imidazole rings is 1. The van der Waals surface area contributed by atoms with Gasteiger partial charge in [0.2, 0.25) is 0 Å². The molecule has 0 atom stereocenters. The number of rotatable bonds is 3. The van der Waals surface area contributed by atoms with Gasteiger partial charge >= 0.3 is 0 Å². The maximum atomic E-state index is 12.4. The SMILES string of the molecule is Cc1ccc2nc(-c3cccc(NC(=O)c4cccc(Cl)c4)c3)cn2c1. The number of aryl methyl sites for hydroxylation is 1. The van der Waals surface area contributed by atoms with Gasteiger partial charge in [-0.2, -0.15) is 0 Å². The second-order valence-corrected chi connectivity index (χ2v) is 6.58. The number of carbonyl (C=O) groups excluding carboxylic acids is 1. The molecule has 0 aliphatic heterocycles. The van der Waals surface area contributed by atoms with Crippen molar-refractivity contribution in [3.8, 4) is 11.3 Å². The van der Waals surface area contributed by atoms with Crippen molar-refractivity contribution in [2.45, 2.75) is 6.92 Å². The lowest BCUT2D eigenvalue weighted by Crippen LogP contribution is -2.11. The molecule has 26 heavy (non-hydrogen) atoms. The summed E-state index contributed by atoms with van der Waals surface area (Å²) in [5, 5.41) is 3.44. The van der Waals surface area contributed by atoms with Gasteiger partial charge in [0.1, 0.15) is 5.65 Å². The maximum absolute atomic E-state index is 12.4. The lowest BCUT2D eigenvalue weighted by Gasteiger charge is -2.07. The largest absolute Gasteiger partial charge is 0.322 e. The second-order valence-electron chi connectivity index (χ2n) is 6.14. The molecule has 2 aromatic heterocycles. The number of hydrogen-bond donors (Lipinski definition) is 1. The quantitative estimate of drug-likeness (QED) is 0.544. The highest BCUT2D eigenvalue weighted by Gasteiger charge is 2.09. The van der Waals surface area contributed by atoms with Gasteiger partial charge in [-0.1, -0.05) is 35.9 Å². The number of nitrogens with zero attached hydrogens (tertiary/aromatic N) is 2. The summed E-state index contributed by atoms with van der Waals surface area (Å²) in [7, 11) is 0. The van der Waals surface area contributed by atoms with Crippen molar-refractivity contribution in [3.05, 3.63) is 89.2 Å². The third-order valence-electron chi connectivity index (χ3n) is 4.10. The Hall–Kier alpha value is -3.11. The van der Waals surface area contributed by atoms with Crippen molar-refractivity contribution in [1.29, 1.82) is 0 Å². The van der Waals surface area contributed by atoms with Crippen LogP contribution in [0.1, 0.15) is 15.9 Å². The number of aromatic nitrogens is 2. The van der Waals surface area contributed by atoms with Crippen LogP contribution in [0.5, 0.6) is 0 Å². The minimum Gasteiger partial charge on any atom is -0.322 e. The number of halogens is 1. The number of hydrogen-bond acceptors (Lipinski definition) is 2. The molecule has 0 aliphatic carbocycles. The zero-order valence-corrected chi connectivity index (χ0v) is 14.9. The highest BCUT2D eigenvalue weighted by Crippen LogP contribution is 2.23. The van der Waals surface area contributed by atoms with Crippen LogP contribution in [0, 0.1) is 6.92 Å². The summed E-state index contributed by atoms with van der Waals surface area (Å²) in [4.78, 5) is 17.0. The highest BCUT2D eigenvalue weighted by molar-refractivity contribution is 6.31. The van der Waals surface area contributed by atoms with E-state index in [9.17, 15) is 4.79 Å². The molecule has 128 valence electrons. The molecule has 4 nitrogen and oxygen atoms in total. The molecule has 1 N–H and O–H groups in total. The lowest BCUT2D eigenvalue weighted by molar-refractivity contribution is 0.102. The van der Waals surface area contributed by atoms with Gasteiger partial charge < -0.3 is 9.72 Å². The van der Waals surface area contributed by atoms with E-state index >= 15 is 0 Å². The van der Waals surface area contributed by atoms with Crippen LogP contribution in [-0.2, 0) is 0 Å². The number of anilines is 1. The van der Waals surface area contributed by atoms with E-state index in [2.05, 4.69) is 10.3 Å². The van der Waals surface area contributed by atoms with E-state index in [1.165, 1.54) is 5.56 Å². The first-order chi connectivity index (χ1) is 12.6. The molecule has 5 heteroatoms. The highest BCUT2D eigenvalue weighted by atomic mass is 35.5. The molecule has 0 saturated heterocycles. The summed E-state index contributed by atoms with van der Waals surface area (Å²) < 4.78 is 2.00. The number of amides is 1. The molecular formula is C21H16ClN3O. The average Bonchev–Trinajstić information content (AvgIpc) is 3.05. The molecule has 0 radical (unpaired) electrons. The standard InChI is InChI=1S/C21H16ClN3O/c1-14-8-9-20-24-19(13-25(20)12-14)15-4-3-7-18(11-15)23-21(26)16-5-2-6-17(22)10-16/h2-13H,1H3,(H,23,26). The normalized spacial score (nSPS) is 10.8. The summed E-state index contributed by atoms with van der Waals surface area (Å²) in [6.07, 6.45) is 4.02. The van der Waals surface area contributed by atoms with E-state index in [0.29, 0.717) is 16.3 Å². The predicted octanol–water partition coefficient (Wildman–Crippen LogP) is 5.22. The molecule has 1 amide bonds. The van der Waals surface area contributed by atoms with Gasteiger partial charge in [0.25, 0.3) is 5.91 Å². The number of fused-ring (bicyclic) bond motifs is 1. The fraction of sp³-hybridized carbons (Fsp3) is 0.0476. The van der Waals surface area contributed by atoms with Crippen LogP contribution in [0.2, 0.25) is 5.02 Å². The van der Waals surface area contributed by atoms with Crippen molar-refractivity contribution < 1.29 is 4.79 Å². The van der Waals surface area contributed by atoms with E-state index in [4.69, 9.17) is 11.6 Å². The van der Waals surface area contributed by atoms with Crippen molar-refractivity contribution in [3.63, 3.8) is 0 Å². The summed E-state index contributed by atoms with van der Waals surface area (Å²) in [5.41, 5.74) is 5.08. The van der Waals surface area contributed by atoms with E-state index in [0.717, 1.165) is 16.9 Å². The number of carbonyl (C=O) groups is 1. The maximum Gasteiger partial charge on any atom is 0.255 e. The Morgan fingerprint density at radius 2 is 1.88 bits per heavy atom. The van der Waals surface area contributed by atoms with Gasteiger partial charge in [-0.3, -0.25) is 4.79 Å². The van der Waals surface area contributed by atoms with Crippen molar-refractivity contribution in [2.75, 3.05) is 5.32 Å². The molecule has 2 heterocycles. The Kier molecular flexibility index (Phi) is 4.19. The Bertz CT molecular complexity index is 1120. The van der Waals surface area contributed by atoms with E-state index in [1.54, 1.807) is 24.3 Å². The monoisotopic (exact) mass is 361 g/mol. The molecule has 0 unspecified atom stereocenters. The molecule has 4 aromatic rings. The Morgan fingerprint density at radius 1 is 1.04 bits per heavy atom. The van der Waals surface area contributed by atoms with Gasteiger partial charge in [0, 0.05) is 34.2 Å². The predicted molar refractivity (Wildman–Crippen MR) is 105 cm³/mol. The molecule has 0 bridgehead atoms. The Morgan fingerprint density at radius 3 is 2.73 bits per heavy atom. The summed E-state index contributed by atoms with van der Waals surface area (Å²) >= 11 is 5.96. The third kappa shape index (κ3) is 3.32. The first-order valence-electron chi connectivity index (χ1n) is 8.21. The molecule has 4 rings (SSSR count). The van der Waals surface area contributed by atoms with E-state index in [1.807, 2.05) is 60.1 Å². The van der Waals surface area contributed by atoms with Crippen LogP contribution in [-0.4, -0.2) is 15.3 Å². The third-order valence-corrected chi connectivity index (χ3v) is 4.34. The van der Waals surface area contributed by atoms with Crippen molar-refractivity contribution >= 4 is 28.8 Å². The van der Waals surface area contributed by atoms with E-state index in [-0.39, 0.29) is 5.91 Å². The van der Waals surface area contributed by atoms with Crippen LogP contribution in [0.15, 0.2) is 73.1 Å². The van der Waals surface area contributed by atoms with Crippen LogP contribution in [0.25, 0.3) is 16.9 Å². The van der Waals surface area contributed by atoms with Crippen LogP contribution >= 0.6 is 11.6 Å². The number of nitrogens with one attached hydrogen (secondary N) is 1. The van der Waals surface area contributed by atoms with Crippen molar-refractivity contribution in [1.82, 2.24) is 9.38 Å². The minimum atomic E-state index is -0.199. The Labute approximate surface area is 156 Å². The summed E-state index contributed by atoms with van der Waals surface area (Å²) in [5.74, 6) is -0.199. The fourth-order valence-corrected chi connectivity index (χ4v) is 3.02. The lowest BCUT2D eigenvalue weighted by atomic mass is 10.1. The second kappa shape index (κ2) is 6.65. The number of pyridine rings is 1. The smallest absolute Gasteiger partial charge is 0.255 e. The fourth-order valence-electron chi connectivity index (χ4n) is 2.83. The van der Waals surface area contributed by atoms with Crippen LogP contribution in [0.3, 0.4) is 0 Å². The van der Waals surface area contributed by atoms with Crippen molar-refractivity contribution in [2.24, 2.45) is 0 Å². The minimum absolute atomic E-state index is 0.199. The molecule has 0 aliphatic rings. The Balaban J connectivity index is 1.62. The van der Waals surface area contributed by atoms with Gasteiger partial charge in [0.05, 0.1) is 5.69 Å². The van der Waals surface area contributed by atoms with Crippen LogP contribution in [0.4, 0.5) is 5.69 Å². The van der Waals surface area contributed by atoms with Gasteiger partial charge in [-0.15, -0.1) is 0 Å².